The Morgan fingerprint density at radius 2 is 2.21 bits per heavy atom. The average molecular weight is 253 g/mol. The Labute approximate surface area is 94.8 Å². The summed E-state index contributed by atoms with van der Waals surface area (Å²) < 4.78 is 1.20. The number of benzene rings is 1. The van der Waals surface area contributed by atoms with E-state index in [1.165, 1.54) is 29.3 Å². The highest BCUT2D eigenvalue weighted by Gasteiger charge is 2.37. The highest BCUT2D eigenvalue weighted by atomic mass is 79.9. The predicted octanol–water partition coefficient (Wildman–Crippen LogP) is 4.66. The molecular weight excluding hydrogens is 236 g/mol. The van der Waals surface area contributed by atoms with Gasteiger partial charge in [-0.05, 0) is 48.4 Å². The number of halogens is 1. The Bertz CT molecular complexity index is 330. The molecule has 76 valence electrons. The van der Waals surface area contributed by atoms with Crippen LogP contribution in [0.2, 0.25) is 0 Å². The molecule has 1 saturated carbocycles. The number of hydrogen-bond acceptors (Lipinski definition) is 0. The van der Waals surface area contributed by atoms with Gasteiger partial charge in [0.1, 0.15) is 0 Å². The summed E-state index contributed by atoms with van der Waals surface area (Å²) in [7, 11) is 0. The third-order valence-corrected chi connectivity index (χ3v) is 3.71. The molecule has 2 atom stereocenters. The molecule has 0 amide bonds. The summed E-state index contributed by atoms with van der Waals surface area (Å²) in [5.74, 6) is 1.84. The summed E-state index contributed by atoms with van der Waals surface area (Å²) in [4.78, 5) is 0. The molecule has 14 heavy (non-hydrogen) atoms. The lowest BCUT2D eigenvalue weighted by Gasteiger charge is -2.05. The van der Waals surface area contributed by atoms with E-state index in [9.17, 15) is 0 Å². The minimum Gasteiger partial charge on any atom is -0.0654 e. The lowest BCUT2D eigenvalue weighted by molar-refractivity contribution is 0.686. The molecule has 1 aliphatic rings. The first kappa shape index (κ1) is 10.2. The molecule has 2 rings (SSSR count). The second kappa shape index (κ2) is 4.06. The van der Waals surface area contributed by atoms with E-state index >= 15 is 0 Å². The fourth-order valence-corrected chi connectivity index (χ4v) is 2.85. The maximum atomic E-state index is 3.51. The zero-order valence-corrected chi connectivity index (χ0v) is 10.5. The average Bonchev–Trinajstić information content (AvgIpc) is 2.84. The van der Waals surface area contributed by atoms with Crippen LogP contribution in [0.25, 0.3) is 0 Å². The van der Waals surface area contributed by atoms with Gasteiger partial charge in [0.25, 0.3) is 0 Å². The summed E-state index contributed by atoms with van der Waals surface area (Å²) in [5, 5.41) is 0. The summed E-state index contributed by atoms with van der Waals surface area (Å²) in [5.41, 5.74) is 3.02. The third kappa shape index (κ3) is 2.03. The topological polar surface area (TPSA) is 0 Å². The smallest absolute Gasteiger partial charge is 0.0178 e. The van der Waals surface area contributed by atoms with E-state index in [4.69, 9.17) is 0 Å². The molecule has 1 unspecified atom stereocenters. The summed E-state index contributed by atoms with van der Waals surface area (Å²) >= 11 is 3.51. The van der Waals surface area contributed by atoms with E-state index in [1.54, 1.807) is 5.56 Å². The molecular formula is C13H17Br. The van der Waals surface area contributed by atoms with Crippen molar-refractivity contribution in [3.63, 3.8) is 0 Å². The molecule has 1 aliphatic carbocycles. The maximum Gasteiger partial charge on any atom is 0.0178 e. The van der Waals surface area contributed by atoms with Crippen LogP contribution in [-0.2, 0) is 0 Å². The summed E-state index contributed by atoms with van der Waals surface area (Å²) in [6, 6.07) is 6.69. The standard InChI is InChI=1S/C13H17Br/c1-3-4-10-8-13(10)12-6-5-11(14)7-9(12)2/h5-7,10,13H,3-4,8H2,1-2H3/t10-,13?/m1/s1. The zero-order valence-electron chi connectivity index (χ0n) is 8.89. The van der Waals surface area contributed by atoms with Crippen molar-refractivity contribution in [1.29, 1.82) is 0 Å². The van der Waals surface area contributed by atoms with E-state index in [0.717, 1.165) is 11.8 Å². The van der Waals surface area contributed by atoms with Crippen molar-refractivity contribution in [2.45, 2.75) is 39.0 Å². The second-order valence-corrected chi connectivity index (χ2v) is 5.31. The van der Waals surface area contributed by atoms with E-state index in [1.807, 2.05) is 0 Å². The Hall–Kier alpha value is -0.300. The van der Waals surface area contributed by atoms with Crippen LogP contribution in [0.5, 0.6) is 0 Å². The minimum absolute atomic E-state index is 0.864. The molecule has 0 heterocycles. The van der Waals surface area contributed by atoms with Crippen LogP contribution in [0.1, 0.15) is 43.2 Å². The van der Waals surface area contributed by atoms with Crippen molar-refractivity contribution < 1.29 is 0 Å². The Morgan fingerprint density at radius 1 is 1.43 bits per heavy atom. The van der Waals surface area contributed by atoms with E-state index in [-0.39, 0.29) is 0 Å². The van der Waals surface area contributed by atoms with Gasteiger partial charge in [0, 0.05) is 4.47 Å². The normalized spacial score (nSPS) is 25.1. The fraction of sp³-hybridized carbons (Fsp3) is 0.538. The number of hydrogen-bond donors (Lipinski definition) is 0. The molecule has 0 saturated heterocycles. The van der Waals surface area contributed by atoms with Gasteiger partial charge in [0.05, 0.1) is 0 Å². The lowest BCUT2D eigenvalue weighted by atomic mass is 10.0. The second-order valence-electron chi connectivity index (χ2n) is 4.39. The van der Waals surface area contributed by atoms with Gasteiger partial charge in [0.15, 0.2) is 0 Å². The molecule has 1 aromatic carbocycles. The first-order valence-corrected chi connectivity index (χ1v) is 6.27. The van der Waals surface area contributed by atoms with Gasteiger partial charge in [-0.15, -0.1) is 0 Å². The van der Waals surface area contributed by atoms with Gasteiger partial charge in [-0.25, -0.2) is 0 Å². The Balaban J connectivity index is 2.11. The molecule has 0 radical (unpaired) electrons. The van der Waals surface area contributed by atoms with Crippen molar-refractivity contribution >= 4 is 15.9 Å². The van der Waals surface area contributed by atoms with Crippen molar-refractivity contribution in [3.8, 4) is 0 Å². The van der Waals surface area contributed by atoms with Crippen LogP contribution in [0.15, 0.2) is 22.7 Å². The highest BCUT2D eigenvalue weighted by Crippen LogP contribution is 2.51. The fourth-order valence-electron chi connectivity index (χ4n) is 2.37. The quantitative estimate of drug-likeness (QED) is 0.734. The van der Waals surface area contributed by atoms with Crippen LogP contribution >= 0.6 is 15.9 Å². The van der Waals surface area contributed by atoms with Gasteiger partial charge in [-0.2, -0.15) is 0 Å². The number of rotatable bonds is 3. The van der Waals surface area contributed by atoms with E-state index in [0.29, 0.717) is 0 Å². The van der Waals surface area contributed by atoms with Gasteiger partial charge < -0.3 is 0 Å². The zero-order chi connectivity index (χ0) is 10.1. The molecule has 0 aromatic heterocycles. The van der Waals surface area contributed by atoms with Crippen molar-refractivity contribution in [2.24, 2.45) is 5.92 Å². The molecule has 1 fully saturated rings. The van der Waals surface area contributed by atoms with Gasteiger partial charge in [-0.1, -0.05) is 41.8 Å². The largest absolute Gasteiger partial charge is 0.0654 e. The molecule has 0 N–H and O–H groups in total. The third-order valence-electron chi connectivity index (χ3n) is 3.21. The van der Waals surface area contributed by atoms with Crippen LogP contribution in [0.3, 0.4) is 0 Å². The van der Waals surface area contributed by atoms with Crippen LogP contribution in [0, 0.1) is 12.8 Å². The minimum atomic E-state index is 0.864. The SMILES string of the molecule is CCC[C@@H]1CC1c1ccc(Br)cc1C. The molecule has 0 aliphatic heterocycles. The highest BCUT2D eigenvalue weighted by molar-refractivity contribution is 9.10. The van der Waals surface area contributed by atoms with Crippen LogP contribution in [-0.4, -0.2) is 0 Å². The van der Waals surface area contributed by atoms with Crippen LogP contribution in [0.4, 0.5) is 0 Å². The Morgan fingerprint density at radius 3 is 2.86 bits per heavy atom. The van der Waals surface area contributed by atoms with Gasteiger partial charge in [0.2, 0.25) is 0 Å². The van der Waals surface area contributed by atoms with Crippen molar-refractivity contribution in [3.05, 3.63) is 33.8 Å². The molecule has 0 bridgehead atoms. The monoisotopic (exact) mass is 252 g/mol. The van der Waals surface area contributed by atoms with E-state index in [2.05, 4.69) is 48.0 Å². The lowest BCUT2D eigenvalue weighted by Crippen LogP contribution is -1.88. The maximum absolute atomic E-state index is 3.51. The summed E-state index contributed by atoms with van der Waals surface area (Å²) in [6.07, 6.45) is 4.15. The van der Waals surface area contributed by atoms with Crippen molar-refractivity contribution in [2.75, 3.05) is 0 Å². The molecule has 0 spiro atoms. The predicted molar refractivity (Wildman–Crippen MR) is 64.6 cm³/mol. The first-order valence-electron chi connectivity index (χ1n) is 5.48. The van der Waals surface area contributed by atoms with Gasteiger partial charge in [-0.3, -0.25) is 0 Å². The molecule has 1 heteroatoms. The molecule has 1 aromatic rings. The van der Waals surface area contributed by atoms with Crippen LogP contribution < -0.4 is 0 Å². The Kier molecular flexibility index (Phi) is 2.96. The number of aryl methyl sites for hydroxylation is 1. The molecule has 0 nitrogen and oxygen atoms in total. The summed E-state index contributed by atoms with van der Waals surface area (Å²) in [6.45, 7) is 4.51. The van der Waals surface area contributed by atoms with Gasteiger partial charge >= 0.3 is 0 Å². The van der Waals surface area contributed by atoms with Crippen molar-refractivity contribution in [1.82, 2.24) is 0 Å². The first-order chi connectivity index (χ1) is 6.72. The van der Waals surface area contributed by atoms with E-state index < -0.39 is 0 Å².